The maximum absolute atomic E-state index is 14.6. The first-order valence-corrected chi connectivity index (χ1v) is 12.8. The van der Waals surface area contributed by atoms with Crippen LogP contribution in [0.5, 0.6) is 0 Å². The molecule has 0 spiro atoms. The van der Waals surface area contributed by atoms with Crippen LogP contribution >= 0.6 is 0 Å². The molecule has 0 aliphatic heterocycles. The molecule has 0 atom stereocenters. The van der Waals surface area contributed by atoms with Crippen LogP contribution in [0.4, 0.5) is 74.6 Å². The Balaban J connectivity index is 6.87. The summed E-state index contributed by atoms with van der Waals surface area (Å²) >= 11 is 0. The molecule has 0 radical (unpaired) electrons. The van der Waals surface area contributed by atoms with Crippen molar-refractivity contribution in [2.45, 2.75) is 66.2 Å². The van der Waals surface area contributed by atoms with E-state index in [1.165, 1.54) is 14.1 Å². The van der Waals surface area contributed by atoms with Crippen molar-refractivity contribution in [2.75, 3.05) is 40.3 Å². The summed E-state index contributed by atoms with van der Waals surface area (Å²) in [5.41, 5.74) is 0. The Morgan fingerprint density at radius 3 is 1.29 bits per heavy atom. The second kappa shape index (κ2) is 12.7. The Kier molecular flexibility index (Phi) is 12.0. The van der Waals surface area contributed by atoms with Crippen molar-refractivity contribution in [1.82, 2.24) is 4.31 Å². The van der Waals surface area contributed by atoms with Crippen molar-refractivity contribution in [3.05, 3.63) is 0 Å². The highest BCUT2D eigenvalue weighted by molar-refractivity contribution is 7.90. The molecule has 0 rings (SSSR count). The highest BCUT2D eigenvalue weighted by Gasteiger charge is 2.96. The minimum atomic E-state index is -8.99. The van der Waals surface area contributed by atoms with E-state index in [-0.39, 0.29) is 6.54 Å². The summed E-state index contributed by atoms with van der Waals surface area (Å²) in [6.45, 7) is -4.17. The molecule has 0 aromatic rings. The van der Waals surface area contributed by atoms with Gasteiger partial charge < -0.3 is 14.7 Å². The number of sulfonamides is 1. The molecule has 0 aromatic heterocycles. The third-order valence-electron chi connectivity index (χ3n) is 6.03. The van der Waals surface area contributed by atoms with Gasteiger partial charge in [-0.2, -0.15) is 78.9 Å². The van der Waals surface area contributed by atoms with Crippen LogP contribution in [0.2, 0.25) is 0 Å². The van der Waals surface area contributed by atoms with Crippen molar-refractivity contribution < 1.29 is 107 Å². The average molecular weight is 729 g/mol. The van der Waals surface area contributed by atoms with E-state index in [4.69, 9.17) is 10.2 Å². The lowest BCUT2D eigenvalue weighted by atomic mass is 9.91. The molecule has 0 aliphatic carbocycles. The van der Waals surface area contributed by atoms with Crippen molar-refractivity contribution in [2.24, 2.45) is 0 Å². The van der Waals surface area contributed by atoms with Crippen molar-refractivity contribution >= 4 is 22.0 Å². The zero-order valence-electron chi connectivity index (χ0n) is 22.2. The van der Waals surface area contributed by atoms with Crippen LogP contribution in [0, 0.1) is 0 Å². The first-order chi connectivity index (χ1) is 19.4. The highest BCUT2D eigenvalue weighted by Crippen LogP contribution is 2.64. The lowest BCUT2D eigenvalue weighted by molar-refractivity contribution is -0.889. The van der Waals surface area contributed by atoms with E-state index in [1.54, 1.807) is 0 Å². The van der Waals surface area contributed by atoms with E-state index < -0.39 is 117 Å². The number of hydrogen-bond acceptors (Lipinski definition) is 4. The second-order valence-electron chi connectivity index (χ2n) is 9.89. The molecule has 0 bridgehead atoms. The number of rotatable bonds is 18. The maximum Gasteiger partial charge on any atom is 0.460 e. The van der Waals surface area contributed by atoms with Crippen LogP contribution in [0.15, 0.2) is 0 Å². The van der Waals surface area contributed by atoms with E-state index in [0.717, 1.165) is 0 Å². The number of nitrogens with zero attached hydrogens (tertiary/aromatic N) is 2. The highest BCUT2D eigenvalue weighted by atomic mass is 32.2. The van der Waals surface area contributed by atoms with E-state index in [2.05, 4.69) is 0 Å². The zero-order chi connectivity index (χ0) is 36.7. The molecule has 45 heavy (non-hydrogen) atoms. The Bertz CT molecular complexity index is 1190. The van der Waals surface area contributed by atoms with Gasteiger partial charge in [0.1, 0.15) is 0 Å². The molecule has 0 heterocycles. The lowest BCUT2D eigenvalue weighted by Gasteiger charge is -2.43. The molecule has 0 aliphatic rings. The molecule has 0 saturated carbocycles. The first kappa shape index (κ1) is 42.6. The zero-order valence-corrected chi connectivity index (χ0v) is 23.0. The van der Waals surface area contributed by atoms with E-state index in [9.17, 15) is 92.6 Å². The number of quaternary nitrogens is 1. The lowest BCUT2D eigenvalue weighted by Crippen LogP contribution is -2.75. The smallest absolute Gasteiger partial charge is 0.460 e. The van der Waals surface area contributed by atoms with Crippen LogP contribution in [0.25, 0.3) is 0 Å². The van der Waals surface area contributed by atoms with Crippen LogP contribution in [-0.4, -0.2) is 127 Å². The summed E-state index contributed by atoms with van der Waals surface area (Å²) in [4.78, 5) is 21.5. The van der Waals surface area contributed by atoms with Gasteiger partial charge in [0.25, 0.3) is 10.0 Å². The van der Waals surface area contributed by atoms with Gasteiger partial charge in [-0.1, -0.05) is 0 Å². The van der Waals surface area contributed by atoms with Gasteiger partial charge in [0.2, 0.25) is 0 Å². The quantitative estimate of drug-likeness (QED) is 0.152. The molecular formula is C19H22F17N2O6S+. The Morgan fingerprint density at radius 1 is 0.578 bits per heavy atom. The van der Waals surface area contributed by atoms with Gasteiger partial charge in [0.05, 0.1) is 40.0 Å². The maximum atomic E-state index is 14.6. The van der Waals surface area contributed by atoms with Crippen molar-refractivity contribution in [3.8, 4) is 0 Å². The third kappa shape index (κ3) is 7.45. The van der Waals surface area contributed by atoms with E-state index >= 15 is 0 Å². The molecule has 2 N–H and O–H groups in total. The molecule has 268 valence electrons. The third-order valence-corrected chi connectivity index (χ3v) is 7.98. The molecule has 0 saturated heterocycles. The molecule has 0 aromatic carbocycles. The van der Waals surface area contributed by atoms with Crippen LogP contribution in [-0.2, 0) is 19.6 Å². The normalized spacial score (nSPS) is 15.5. The minimum absolute atomic E-state index is 0.279. The molecule has 8 nitrogen and oxygen atoms in total. The fourth-order valence-electron chi connectivity index (χ4n) is 3.23. The largest absolute Gasteiger partial charge is 0.481 e. The number of halogens is 17. The van der Waals surface area contributed by atoms with Crippen LogP contribution < -0.4 is 0 Å². The SMILES string of the molecule is C[N+](C)(CCCN(CCC(=O)O)S(=O)(=O)C(F)(F)C(F)(F)C(F)(F)C(F)(F)C(F)(F)C(F)(F)C(F)(F)C(F)(F)F)CCC(=O)O. The van der Waals surface area contributed by atoms with Crippen LogP contribution in [0.3, 0.4) is 0 Å². The summed E-state index contributed by atoms with van der Waals surface area (Å²) in [7, 11) is -5.21. The number of aliphatic carboxylic acids is 2. The van der Waals surface area contributed by atoms with Gasteiger partial charge in [-0.25, -0.2) is 8.42 Å². The summed E-state index contributed by atoms with van der Waals surface area (Å²) in [5.74, 6) is -55.9. The molecular weight excluding hydrogens is 707 g/mol. The number of hydrogen-bond donors (Lipinski definition) is 2. The number of carboxylic acid groups (broad SMARTS) is 2. The Labute approximate surface area is 241 Å². The standard InChI is InChI=1S/C19H21F17N2O6S/c1-38(2,9-5-11(41)42)8-3-6-37(7-4-10(39)40)45(43,44)19(35,36)17(30,31)15(26,27)13(22,23)12(20,21)14(24,25)16(28,29)18(32,33)34/h3-9H2,1-2H3,(H-,39,40,41,42)/p+1. The van der Waals surface area contributed by atoms with Crippen molar-refractivity contribution in [1.29, 1.82) is 0 Å². The Morgan fingerprint density at radius 2 is 0.933 bits per heavy atom. The van der Waals surface area contributed by atoms with Gasteiger partial charge in [0.15, 0.2) is 0 Å². The predicted molar refractivity (Wildman–Crippen MR) is 112 cm³/mol. The van der Waals surface area contributed by atoms with Gasteiger partial charge in [-0.3, -0.25) is 9.59 Å². The number of carbonyl (C=O) groups is 2. The summed E-state index contributed by atoms with van der Waals surface area (Å²) < 4.78 is 254. The minimum Gasteiger partial charge on any atom is -0.481 e. The summed E-state index contributed by atoms with van der Waals surface area (Å²) in [5, 5.41) is 9.53. The number of carboxylic acids is 2. The predicted octanol–water partition coefficient (Wildman–Crippen LogP) is 5.00. The van der Waals surface area contributed by atoms with Gasteiger partial charge in [-0.05, 0) is 0 Å². The molecule has 26 heteroatoms. The van der Waals surface area contributed by atoms with Crippen molar-refractivity contribution in [3.63, 3.8) is 0 Å². The number of alkyl halides is 17. The second-order valence-corrected chi connectivity index (χ2v) is 11.9. The fraction of sp³-hybridized carbons (Fsp3) is 0.895. The monoisotopic (exact) mass is 729 g/mol. The average Bonchev–Trinajstić information content (AvgIpc) is 2.82. The van der Waals surface area contributed by atoms with Gasteiger partial charge >= 0.3 is 58.9 Å². The van der Waals surface area contributed by atoms with Crippen LogP contribution in [0.1, 0.15) is 19.3 Å². The Hall–Kier alpha value is -2.38. The van der Waals surface area contributed by atoms with Gasteiger partial charge in [-0.15, -0.1) is 0 Å². The molecule has 0 unspecified atom stereocenters. The fourth-order valence-corrected chi connectivity index (χ4v) is 4.71. The molecule has 0 amide bonds. The summed E-state index contributed by atoms with van der Waals surface area (Å²) in [6.07, 6.45) is -11.0. The molecule has 0 fully saturated rings. The van der Waals surface area contributed by atoms with Gasteiger partial charge in [0, 0.05) is 19.5 Å². The topological polar surface area (TPSA) is 112 Å². The summed E-state index contributed by atoms with van der Waals surface area (Å²) in [6, 6.07) is 0. The first-order valence-electron chi connectivity index (χ1n) is 11.4. The van der Waals surface area contributed by atoms with E-state index in [0.29, 0.717) is 0 Å². The van der Waals surface area contributed by atoms with E-state index in [1.807, 2.05) is 0 Å².